The predicted molar refractivity (Wildman–Crippen MR) is 120 cm³/mol. The molecule has 2 saturated heterocycles. The molecule has 2 atom stereocenters. The van der Waals surface area contributed by atoms with Crippen molar-refractivity contribution in [1.82, 2.24) is 14.6 Å². The molecule has 0 amide bonds. The van der Waals surface area contributed by atoms with Crippen LogP contribution in [0.4, 0.5) is 5.82 Å². The number of methoxy groups -OCH3 is 1. The average molecular weight is 469 g/mol. The lowest BCUT2D eigenvalue weighted by atomic mass is 10.0. The van der Waals surface area contributed by atoms with Gasteiger partial charge in [-0.05, 0) is 51.2 Å². The second-order valence-corrected chi connectivity index (χ2v) is 9.20. The van der Waals surface area contributed by atoms with Crippen LogP contribution in [0.5, 0.6) is 0 Å². The zero-order chi connectivity index (χ0) is 20.8. The van der Waals surface area contributed by atoms with E-state index < -0.39 is 0 Å². The van der Waals surface area contributed by atoms with Crippen LogP contribution in [0.15, 0.2) is 34.8 Å². The molecule has 0 aliphatic carbocycles. The van der Waals surface area contributed by atoms with Crippen molar-refractivity contribution >= 4 is 33.4 Å². The number of fused-ring (bicyclic) bond motifs is 3. The van der Waals surface area contributed by atoms with Crippen molar-refractivity contribution in [3.63, 3.8) is 0 Å². The van der Waals surface area contributed by atoms with E-state index >= 15 is 0 Å². The minimum absolute atomic E-state index is 0.211. The van der Waals surface area contributed by atoms with E-state index in [0.29, 0.717) is 12.1 Å². The summed E-state index contributed by atoms with van der Waals surface area (Å²) in [6.07, 6.45) is 6.26. The van der Waals surface area contributed by atoms with Gasteiger partial charge in [0.1, 0.15) is 5.82 Å². The molecule has 0 radical (unpaired) electrons. The third-order valence-corrected chi connectivity index (χ3v) is 6.98. The highest BCUT2D eigenvalue weighted by Crippen LogP contribution is 2.41. The second-order valence-electron chi connectivity index (χ2n) is 8.29. The fourth-order valence-corrected chi connectivity index (χ4v) is 5.48. The van der Waals surface area contributed by atoms with Crippen LogP contribution in [-0.4, -0.2) is 39.8 Å². The zero-order valence-corrected chi connectivity index (χ0v) is 18.9. The molecule has 0 spiro atoms. The van der Waals surface area contributed by atoms with Gasteiger partial charge in [-0.1, -0.05) is 28.1 Å². The predicted octanol–water partition coefficient (Wildman–Crippen LogP) is 4.70. The van der Waals surface area contributed by atoms with Gasteiger partial charge in [0.2, 0.25) is 0 Å². The van der Waals surface area contributed by atoms with Gasteiger partial charge in [-0.2, -0.15) is 9.61 Å². The summed E-state index contributed by atoms with van der Waals surface area (Å²) in [5, 5.41) is 4.97. The summed E-state index contributed by atoms with van der Waals surface area (Å²) in [6, 6.07) is 11.2. The fraction of sp³-hybridized carbons (Fsp3) is 0.435. The average Bonchev–Trinajstić information content (AvgIpc) is 3.25. The van der Waals surface area contributed by atoms with E-state index in [4.69, 9.17) is 14.8 Å². The number of halogens is 1. The molecule has 1 aromatic carbocycles. The van der Waals surface area contributed by atoms with Crippen LogP contribution < -0.4 is 4.90 Å². The van der Waals surface area contributed by atoms with E-state index in [2.05, 4.69) is 33.0 Å². The molecular formula is C23H25BrN4O2. The van der Waals surface area contributed by atoms with Crippen molar-refractivity contribution in [2.75, 3.05) is 12.0 Å². The summed E-state index contributed by atoms with van der Waals surface area (Å²) >= 11 is 3.55. The van der Waals surface area contributed by atoms with Gasteiger partial charge in [-0.3, -0.25) is 4.79 Å². The van der Waals surface area contributed by atoms with Crippen molar-refractivity contribution in [2.24, 2.45) is 0 Å². The SMILES string of the molecule is COC(=O)Cc1c(C)nc2cc(-c3cccc(Br)c3)nn2c1N1C2CCCC1CC2. The molecule has 2 aliphatic heterocycles. The second kappa shape index (κ2) is 7.69. The number of nitrogens with zero attached hydrogens (tertiary/aromatic N) is 4. The Morgan fingerprint density at radius 2 is 1.97 bits per heavy atom. The van der Waals surface area contributed by atoms with Gasteiger partial charge in [0.15, 0.2) is 5.65 Å². The quantitative estimate of drug-likeness (QED) is 0.519. The Morgan fingerprint density at radius 3 is 2.67 bits per heavy atom. The van der Waals surface area contributed by atoms with Crippen LogP contribution in [0.1, 0.15) is 43.4 Å². The number of piperidine rings is 1. The monoisotopic (exact) mass is 468 g/mol. The normalized spacial score (nSPS) is 20.7. The molecule has 0 saturated carbocycles. The van der Waals surface area contributed by atoms with E-state index in [1.54, 1.807) is 0 Å². The van der Waals surface area contributed by atoms with Crippen molar-refractivity contribution < 1.29 is 9.53 Å². The van der Waals surface area contributed by atoms with Gasteiger partial charge in [0.25, 0.3) is 0 Å². The van der Waals surface area contributed by atoms with Gasteiger partial charge < -0.3 is 9.64 Å². The molecule has 2 aromatic heterocycles. The molecule has 156 valence electrons. The first-order valence-corrected chi connectivity index (χ1v) is 11.3. The van der Waals surface area contributed by atoms with E-state index in [-0.39, 0.29) is 12.4 Å². The number of carbonyl (C=O) groups is 1. The molecule has 5 rings (SSSR count). The highest BCUT2D eigenvalue weighted by Gasteiger charge is 2.39. The maximum Gasteiger partial charge on any atom is 0.310 e. The van der Waals surface area contributed by atoms with Gasteiger partial charge in [-0.25, -0.2) is 4.98 Å². The molecular weight excluding hydrogens is 444 g/mol. The van der Waals surface area contributed by atoms with Crippen molar-refractivity contribution in [2.45, 2.75) is 57.5 Å². The van der Waals surface area contributed by atoms with Crippen LogP contribution in [0.2, 0.25) is 0 Å². The molecule has 2 aliphatic rings. The number of rotatable bonds is 4. The van der Waals surface area contributed by atoms with E-state index in [1.807, 2.05) is 29.6 Å². The lowest BCUT2D eigenvalue weighted by Gasteiger charge is -2.38. The van der Waals surface area contributed by atoms with Crippen LogP contribution in [-0.2, 0) is 16.0 Å². The zero-order valence-electron chi connectivity index (χ0n) is 17.3. The number of ether oxygens (including phenoxy) is 1. The molecule has 3 aromatic rings. The first kappa shape index (κ1) is 19.5. The molecule has 30 heavy (non-hydrogen) atoms. The van der Waals surface area contributed by atoms with E-state index in [1.165, 1.54) is 39.2 Å². The van der Waals surface area contributed by atoms with Gasteiger partial charge in [-0.15, -0.1) is 0 Å². The maximum atomic E-state index is 12.2. The number of hydrogen-bond acceptors (Lipinski definition) is 5. The Balaban J connectivity index is 1.72. The molecule has 2 bridgehead atoms. The standard InChI is InChI=1S/C23H25BrN4O2/c1-14-19(12-22(29)30-2)23(27-17-7-4-8-18(27)10-9-17)28-21(25-14)13-20(26-28)15-5-3-6-16(24)11-15/h3,5-6,11,13,17-18H,4,7-10,12H2,1-2H3. The fourth-order valence-electron chi connectivity index (χ4n) is 5.08. The molecule has 2 fully saturated rings. The first-order valence-electron chi connectivity index (χ1n) is 10.6. The molecule has 7 heteroatoms. The van der Waals surface area contributed by atoms with Gasteiger partial charge in [0.05, 0.1) is 19.2 Å². The Kier molecular flexibility index (Phi) is 5.01. The summed E-state index contributed by atoms with van der Waals surface area (Å²) < 4.78 is 7.97. The number of benzene rings is 1. The smallest absolute Gasteiger partial charge is 0.310 e. The summed E-state index contributed by atoms with van der Waals surface area (Å²) in [6.45, 7) is 1.99. The Labute approximate surface area is 184 Å². The summed E-state index contributed by atoms with van der Waals surface area (Å²) in [4.78, 5) is 19.6. The number of aromatic nitrogens is 3. The number of aryl methyl sites for hydroxylation is 1. The lowest BCUT2D eigenvalue weighted by molar-refractivity contribution is -0.139. The van der Waals surface area contributed by atoms with Crippen LogP contribution >= 0.6 is 15.9 Å². The Morgan fingerprint density at radius 1 is 1.20 bits per heavy atom. The molecule has 2 unspecified atom stereocenters. The number of hydrogen-bond donors (Lipinski definition) is 0. The van der Waals surface area contributed by atoms with Crippen LogP contribution in [0.25, 0.3) is 16.9 Å². The maximum absolute atomic E-state index is 12.2. The third kappa shape index (κ3) is 3.29. The topological polar surface area (TPSA) is 59.7 Å². The highest BCUT2D eigenvalue weighted by atomic mass is 79.9. The van der Waals surface area contributed by atoms with Crippen molar-refractivity contribution in [1.29, 1.82) is 0 Å². The number of anilines is 1. The molecule has 4 heterocycles. The first-order chi connectivity index (χ1) is 14.5. The third-order valence-electron chi connectivity index (χ3n) is 6.49. The minimum Gasteiger partial charge on any atom is -0.469 e. The van der Waals surface area contributed by atoms with E-state index in [9.17, 15) is 4.79 Å². The van der Waals surface area contributed by atoms with Gasteiger partial charge >= 0.3 is 5.97 Å². The van der Waals surface area contributed by atoms with Crippen LogP contribution in [0.3, 0.4) is 0 Å². The highest BCUT2D eigenvalue weighted by molar-refractivity contribution is 9.10. The van der Waals surface area contributed by atoms with Crippen molar-refractivity contribution in [3.05, 3.63) is 46.1 Å². The molecule has 6 nitrogen and oxygen atoms in total. The lowest BCUT2D eigenvalue weighted by Crippen LogP contribution is -2.42. The van der Waals surface area contributed by atoms with Gasteiger partial charge in [0, 0.05) is 39.4 Å². The molecule has 0 N–H and O–H groups in total. The summed E-state index contributed by atoms with van der Waals surface area (Å²) in [7, 11) is 1.44. The Bertz CT molecular complexity index is 1110. The largest absolute Gasteiger partial charge is 0.469 e. The summed E-state index contributed by atoms with van der Waals surface area (Å²) in [5.41, 5.74) is 4.53. The number of carbonyl (C=O) groups excluding carboxylic acids is 1. The van der Waals surface area contributed by atoms with Crippen LogP contribution in [0, 0.1) is 6.92 Å². The Hall–Kier alpha value is -2.41. The number of esters is 1. The minimum atomic E-state index is -0.246. The summed E-state index contributed by atoms with van der Waals surface area (Å²) in [5.74, 6) is 0.778. The van der Waals surface area contributed by atoms with Crippen molar-refractivity contribution in [3.8, 4) is 11.3 Å². The van der Waals surface area contributed by atoms with E-state index in [0.717, 1.165) is 38.5 Å².